The minimum atomic E-state index is -0.252. The van der Waals surface area contributed by atoms with Crippen LogP contribution in [0.5, 0.6) is 0 Å². The van der Waals surface area contributed by atoms with Crippen molar-refractivity contribution in [2.45, 2.75) is 32.0 Å². The number of hydrogen-bond acceptors (Lipinski definition) is 3. The Morgan fingerprint density at radius 2 is 2.32 bits per heavy atom. The molecule has 0 amide bonds. The summed E-state index contributed by atoms with van der Waals surface area (Å²) in [5.74, 6) is 0.867. The van der Waals surface area contributed by atoms with Crippen LogP contribution in [-0.2, 0) is 13.1 Å². The number of guanidine groups is 1. The molecule has 0 atom stereocenters. The van der Waals surface area contributed by atoms with Crippen LogP contribution in [0.2, 0.25) is 0 Å². The van der Waals surface area contributed by atoms with E-state index >= 15 is 0 Å². The van der Waals surface area contributed by atoms with Gasteiger partial charge in [-0.05, 0) is 30.5 Å². The molecule has 1 saturated carbocycles. The summed E-state index contributed by atoms with van der Waals surface area (Å²) in [6.45, 7) is 0.824. The Hall–Kier alpha value is -2.44. The molecule has 2 aromatic rings. The van der Waals surface area contributed by atoms with Gasteiger partial charge in [-0.2, -0.15) is 5.10 Å². The lowest BCUT2D eigenvalue weighted by molar-refractivity contribution is 0.487. The minimum Gasteiger partial charge on any atom is -0.370 e. The standard InChI is InChI=1S/C15H19FN6/c1-21(13-5-6-13)15(17)18-8-14-19-10-22(20-14)9-11-3-2-4-12(16)7-11/h2-4,7,10,13H,5-6,8-9H2,1H3,(H2,17,18). The average molecular weight is 302 g/mol. The van der Waals surface area contributed by atoms with Crippen molar-refractivity contribution >= 4 is 5.96 Å². The highest BCUT2D eigenvalue weighted by atomic mass is 19.1. The van der Waals surface area contributed by atoms with Gasteiger partial charge in [-0.3, -0.25) is 0 Å². The van der Waals surface area contributed by atoms with Crippen molar-refractivity contribution in [2.75, 3.05) is 7.05 Å². The molecule has 1 aliphatic rings. The minimum absolute atomic E-state index is 0.252. The quantitative estimate of drug-likeness (QED) is 0.669. The molecule has 0 radical (unpaired) electrons. The first kappa shape index (κ1) is 14.5. The van der Waals surface area contributed by atoms with E-state index in [0.717, 1.165) is 5.56 Å². The van der Waals surface area contributed by atoms with E-state index in [0.29, 0.717) is 30.9 Å². The molecular formula is C15H19FN6. The Bertz CT molecular complexity index is 676. The Labute approximate surface area is 128 Å². The van der Waals surface area contributed by atoms with Gasteiger partial charge in [-0.25, -0.2) is 19.0 Å². The van der Waals surface area contributed by atoms with Gasteiger partial charge in [0.25, 0.3) is 0 Å². The topological polar surface area (TPSA) is 72.3 Å². The summed E-state index contributed by atoms with van der Waals surface area (Å²) in [5.41, 5.74) is 6.77. The fraction of sp³-hybridized carbons (Fsp3) is 0.400. The van der Waals surface area contributed by atoms with Crippen molar-refractivity contribution < 1.29 is 4.39 Å². The first-order valence-electron chi connectivity index (χ1n) is 7.27. The lowest BCUT2D eigenvalue weighted by Gasteiger charge is -2.16. The van der Waals surface area contributed by atoms with Crippen LogP contribution in [0, 0.1) is 5.82 Å². The molecule has 0 spiro atoms. The number of aliphatic imine (C=N–C) groups is 1. The van der Waals surface area contributed by atoms with Gasteiger partial charge < -0.3 is 10.6 Å². The number of nitrogens with two attached hydrogens (primary N) is 1. The summed E-state index contributed by atoms with van der Waals surface area (Å²) in [5, 5.41) is 4.33. The SMILES string of the molecule is CN(C(N)=NCc1ncn(Cc2cccc(F)c2)n1)C1CC1. The molecular weight excluding hydrogens is 283 g/mol. The van der Waals surface area contributed by atoms with E-state index < -0.39 is 0 Å². The fourth-order valence-electron chi connectivity index (χ4n) is 2.22. The normalized spacial score (nSPS) is 15.1. The third kappa shape index (κ3) is 3.60. The number of hydrogen-bond donors (Lipinski definition) is 1. The molecule has 1 aromatic heterocycles. The van der Waals surface area contributed by atoms with Crippen molar-refractivity contribution in [3.8, 4) is 0 Å². The summed E-state index contributed by atoms with van der Waals surface area (Å²) < 4.78 is 14.8. The molecule has 0 saturated heterocycles. The average Bonchev–Trinajstić information content (AvgIpc) is 3.25. The summed E-state index contributed by atoms with van der Waals surface area (Å²) >= 11 is 0. The van der Waals surface area contributed by atoms with Gasteiger partial charge in [0.1, 0.15) is 18.7 Å². The van der Waals surface area contributed by atoms with Gasteiger partial charge in [0.15, 0.2) is 11.8 Å². The molecule has 0 aliphatic heterocycles. The molecule has 0 unspecified atom stereocenters. The van der Waals surface area contributed by atoms with Gasteiger partial charge in [-0.15, -0.1) is 0 Å². The summed E-state index contributed by atoms with van der Waals surface area (Å²) in [6, 6.07) is 6.97. The molecule has 6 nitrogen and oxygen atoms in total. The van der Waals surface area contributed by atoms with Gasteiger partial charge in [0.2, 0.25) is 0 Å². The predicted molar refractivity (Wildman–Crippen MR) is 81.6 cm³/mol. The molecule has 22 heavy (non-hydrogen) atoms. The zero-order valence-electron chi connectivity index (χ0n) is 12.5. The summed E-state index contributed by atoms with van der Waals surface area (Å²) in [4.78, 5) is 10.5. The van der Waals surface area contributed by atoms with E-state index in [2.05, 4.69) is 15.1 Å². The first-order valence-corrected chi connectivity index (χ1v) is 7.27. The number of rotatable bonds is 5. The zero-order valence-corrected chi connectivity index (χ0v) is 12.5. The van der Waals surface area contributed by atoms with Crippen molar-refractivity contribution in [2.24, 2.45) is 10.7 Å². The lowest BCUT2D eigenvalue weighted by Crippen LogP contribution is -2.35. The highest BCUT2D eigenvalue weighted by molar-refractivity contribution is 5.78. The molecule has 1 aliphatic carbocycles. The molecule has 2 N–H and O–H groups in total. The molecule has 1 fully saturated rings. The molecule has 3 rings (SSSR count). The van der Waals surface area contributed by atoms with E-state index in [1.807, 2.05) is 18.0 Å². The van der Waals surface area contributed by atoms with Crippen LogP contribution in [0.3, 0.4) is 0 Å². The van der Waals surface area contributed by atoms with Crippen LogP contribution >= 0.6 is 0 Å². The second-order valence-electron chi connectivity index (χ2n) is 5.50. The van der Waals surface area contributed by atoms with E-state index in [4.69, 9.17) is 5.73 Å². The monoisotopic (exact) mass is 302 g/mol. The third-order valence-corrected chi connectivity index (χ3v) is 3.66. The third-order valence-electron chi connectivity index (χ3n) is 3.66. The number of nitrogens with zero attached hydrogens (tertiary/aromatic N) is 5. The number of aromatic nitrogens is 3. The highest BCUT2D eigenvalue weighted by Crippen LogP contribution is 2.24. The van der Waals surface area contributed by atoms with E-state index in [-0.39, 0.29) is 5.82 Å². The predicted octanol–water partition coefficient (Wildman–Crippen LogP) is 1.37. The second kappa shape index (κ2) is 6.13. The van der Waals surface area contributed by atoms with E-state index in [9.17, 15) is 4.39 Å². The van der Waals surface area contributed by atoms with Crippen LogP contribution in [0.4, 0.5) is 4.39 Å². The van der Waals surface area contributed by atoms with Crippen LogP contribution in [0.25, 0.3) is 0 Å². The molecule has 1 aromatic carbocycles. The van der Waals surface area contributed by atoms with Crippen LogP contribution in [0.1, 0.15) is 24.2 Å². The maximum atomic E-state index is 13.1. The fourth-order valence-corrected chi connectivity index (χ4v) is 2.22. The molecule has 116 valence electrons. The molecule has 1 heterocycles. The zero-order chi connectivity index (χ0) is 15.5. The van der Waals surface area contributed by atoms with Crippen LogP contribution < -0.4 is 5.73 Å². The van der Waals surface area contributed by atoms with Gasteiger partial charge in [0, 0.05) is 13.1 Å². The first-order chi connectivity index (χ1) is 10.6. The Morgan fingerprint density at radius 1 is 1.50 bits per heavy atom. The molecule has 0 bridgehead atoms. The number of benzene rings is 1. The van der Waals surface area contributed by atoms with Gasteiger partial charge in [-0.1, -0.05) is 12.1 Å². The number of halogens is 1. The Balaban J connectivity index is 1.60. The summed E-state index contributed by atoms with van der Waals surface area (Å²) in [7, 11) is 1.95. The van der Waals surface area contributed by atoms with Crippen LogP contribution in [-0.4, -0.2) is 38.7 Å². The van der Waals surface area contributed by atoms with Crippen LogP contribution in [0.15, 0.2) is 35.6 Å². The van der Waals surface area contributed by atoms with Gasteiger partial charge in [0.05, 0.1) is 6.54 Å². The maximum absolute atomic E-state index is 13.1. The smallest absolute Gasteiger partial charge is 0.191 e. The van der Waals surface area contributed by atoms with Crippen molar-refractivity contribution in [1.82, 2.24) is 19.7 Å². The van der Waals surface area contributed by atoms with Crippen molar-refractivity contribution in [3.05, 3.63) is 47.8 Å². The molecule has 7 heteroatoms. The lowest BCUT2D eigenvalue weighted by atomic mass is 10.2. The maximum Gasteiger partial charge on any atom is 0.191 e. The van der Waals surface area contributed by atoms with Crippen molar-refractivity contribution in [1.29, 1.82) is 0 Å². The summed E-state index contributed by atoms with van der Waals surface area (Å²) in [6.07, 6.45) is 3.97. The largest absolute Gasteiger partial charge is 0.370 e. The second-order valence-corrected chi connectivity index (χ2v) is 5.50. The van der Waals surface area contributed by atoms with Gasteiger partial charge >= 0.3 is 0 Å². The van der Waals surface area contributed by atoms with E-state index in [1.54, 1.807) is 17.1 Å². The van der Waals surface area contributed by atoms with Crippen molar-refractivity contribution in [3.63, 3.8) is 0 Å². The highest BCUT2D eigenvalue weighted by Gasteiger charge is 2.27. The van der Waals surface area contributed by atoms with E-state index in [1.165, 1.54) is 25.0 Å². The Kier molecular flexibility index (Phi) is 4.04. The Morgan fingerprint density at radius 3 is 3.05 bits per heavy atom.